The maximum absolute atomic E-state index is 5.86. The lowest BCUT2D eigenvalue weighted by atomic mass is 9.92. The van der Waals surface area contributed by atoms with Crippen molar-refractivity contribution in [2.24, 2.45) is 0 Å². The Morgan fingerprint density at radius 1 is 1.06 bits per heavy atom. The number of benzene rings is 1. The van der Waals surface area contributed by atoms with E-state index in [1.165, 1.54) is 22.3 Å². The molecular formula is C16H27NO. The van der Waals surface area contributed by atoms with E-state index in [0.717, 1.165) is 13.0 Å². The molecule has 0 spiro atoms. The number of hydrogen-bond acceptors (Lipinski definition) is 2. The zero-order valence-corrected chi connectivity index (χ0v) is 12.6. The Hall–Kier alpha value is -0.860. The predicted octanol–water partition coefficient (Wildman–Crippen LogP) is 3.69. The summed E-state index contributed by atoms with van der Waals surface area (Å²) in [5.41, 5.74) is 5.41. The van der Waals surface area contributed by atoms with E-state index < -0.39 is 0 Å². The third kappa shape index (κ3) is 3.33. The van der Waals surface area contributed by atoms with Crippen LogP contribution < -0.4 is 5.32 Å². The molecular weight excluding hydrogens is 222 g/mol. The Bertz CT molecular complexity index is 387. The lowest BCUT2D eigenvalue weighted by Gasteiger charge is -2.28. The Kier molecular flexibility index (Phi) is 5.83. The van der Waals surface area contributed by atoms with Gasteiger partial charge >= 0.3 is 0 Å². The van der Waals surface area contributed by atoms with Crippen molar-refractivity contribution >= 4 is 0 Å². The van der Waals surface area contributed by atoms with Crippen molar-refractivity contribution in [2.75, 3.05) is 13.7 Å². The Labute approximate surface area is 112 Å². The molecule has 18 heavy (non-hydrogen) atoms. The van der Waals surface area contributed by atoms with Crippen LogP contribution in [0.25, 0.3) is 0 Å². The van der Waals surface area contributed by atoms with Crippen LogP contribution in [0.5, 0.6) is 0 Å². The molecule has 1 N–H and O–H groups in total. The van der Waals surface area contributed by atoms with E-state index in [0.29, 0.717) is 0 Å². The van der Waals surface area contributed by atoms with Gasteiger partial charge in [0.1, 0.15) is 0 Å². The molecule has 102 valence electrons. The first-order chi connectivity index (χ1) is 8.54. The maximum atomic E-state index is 5.86. The topological polar surface area (TPSA) is 21.3 Å². The molecule has 0 bridgehead atoms. The van der Waals surface area contributed by atoms with Gasteiger partial charge in [-0.3, -0.25) is 0 Å². The van der Waals surface area contributed by atoms with Gasteiger partial charge in [-0.05, 0) is 63.4 Å². The molecule has 2 nitrogen and oxygen atoms in total. The second kappa shape index (κ2) is 6.91. The second-order valence-electron chi connectivity index (χ2n) is 4.96. The average molecular weight is 249 g/mol. The quantitative estimate of drug-likeness (QED) is 0.830. The van der Waals surface area contributed by atoms with E-state index in [-0.39, 0.29) is 12.1 Å². The highest BCUT2D eigenvalue weighted by molar-refractivity contribution is 5.38. The minimum atomic E-state index is 0.237. The molecule has 0 heterocycles. The molecule has 0 fully saturated rings. The predicted molar refractivity (Wildman–Crippen MR) is 78.2 cm³/mol. The first-order valence-corrected chi connectivity index (χ1v) is 6.91. The van der Waals surface area contributed by atoms with Gasteiger partial charge in [-0.2, -0.15) is 0 Å². The molecule has 0 aliphatic heterocycles. The molecule has 0 aliphatic rings. The van der Waals surface area contributed by atoms with E-state index >= 15 is 0 Å². The number of nitrogens with one attached hydrogen (secondary N) is 1. The minimum Gasteiger partial charge on any atom is -0.377 e. The van der Waals surface area contributed by atoms with Crippen molar-refractivity contribution in [3.63, 3.8) is 0 Å². The van der Waals surface area contributed by atoms with Crippen molar-refractivity contribution in [2.45, 2.75) is 53.2 Å². The minimum absolute atomic E-state index is 0.237. The van der Waals surface area contributed by atoms with Crippen molar-refractivity contribution in [1.82, 2.24) is 5.32 Å². The lowest BCUT2D eigenvalue weighted by Crippen LogP contribution is -2.32. The van der Waals surface area contributed by atoms with Crippen molar-refractivity contribution in [3.8, 4) is 0 Å². The second-order valence-corrected chi connectivity index (χ2v) is 4.96. The largest absolute Gasteiger partial charge is 0.377 e. The molecule has 0 saturated heterocycles. The number of rotatable bonds is 6. The van der Waals surface area contributed by atoms with E-state index in [2.05, 4.69) is 52.1 Å². The van der Waals surface area contributed by atoms with Gasteiger partial charge in [0, 0.05) is 6.61 Å². The summed E-state index contributed by atoms with van der Waals surface area (Å²) in [6.45, 7) is 11.5. The first kappa shape index (κ1) is 15.2. The fourth-order valence-corrected chi connectivity index (χ4v) is 2.52. The van der Waals surface area contributed by atoms with Gasteiger partial charge in [-0.25, -0.2) is 0 Å². The molecule has 0 radical (unpaired) electrons. The molecule has 0 amide bonds. The fraction of sp³-hybridized carbons (Fsp3) is 0.625. The number of aryl methyl sites for hydroxylation is 3. The van der Waals surface area contributed by atoms with Crippen LogP contribution >= 0.6 is 0 Å². The van der Waals surface area contributed by atoms with Gasteiger partial charge in [0.25, 0.3) is 0 Å². The first-order valence-electron chi connectivity index (χ1n) is 6.91. The fourth-order valence-electron chi connectivity index (χ4n) is 2.52. The van der Waals surface area contributed by atoms with Crippen molar-refractivity contribution in [1.29, 1.82) is 0 Å². The zero-order valence-electron chi connectivity index (χ0n) is 12.6. The van der Waals surface area contributed by atoms with Crippen LogP contribution in [-0.2, 0) is 4.74 Å². The van der Waals surface area contributed by atoms with E-state index in [1.807, 2.05) is 7.05 Å². The molecule has 2 atom stereocenters. The van der Waals surface area contributed by atoms with E-state index in [1.54, 1.807) is 0 Å². The van der Waals surface area contributed by atoms with E-state index in [4.69, 9.17) is 4.74 Å². The van der Waals surface area contributed by atoms with Crippen molar-refractivity contribution in [3.05, 3.63) is 34.4 Å². The zero-order chi connectivity index (χ0) is 13.7. The van der Waals surface area contributed by atoms with E-state index in [9.17, 15) is 0 Å². The molecule has 1 aromatic carbocycles. The summed E-state index contributed by atoms with van der Waals surface area (Å²) in [5, 5.41) is 3.42. The molecule has 2 heteroatoms. The third-order valence-electron chi connectivity index (χ3n) is 3.68. The highest BCUT2D eigenvalue weighted by atomic mass is 16.5. The summed E-state index contributed by atoms with van der Waals surface area (Å²) >= 11 is 0. The summed E-state index contributed by atoms with van der Waals surface area (Å²) in [6.07, 6.45) is 1.26. The van der Waals surface area contributed by atoms with Gasteiger partial charge in [-0.1, -0.05) is 19.1 Å². The monoisotopic (exact) mass is 249 g/mol. The van der Waals surface area contributed by atoms with Crippen LogP contribution in [0.1, 0.15) is 48.6 Å². The smallest absolute Gasteiger partial charge is 0.0766 e. The van der Waals surface area contributed by atoms with Crippen LogP contribution in [0.3, 0.4) is 0 Å². The SMILES string of the molecule is CCOC(CC)C(NC)c1cc(C)c(C)cc1C. The molecule has 0 aliphatic carbocycles. The van der Waals surface area contributed by atoms with Gasteiger partial charge in [0.2, 0.25) is 0 Å². The molecule has 1 rings (SSSR count). The van der Waals surface area contributed by atoms with Gasteiger partial charge in [0.15, 0.2) is 0 Å². The molecule has 2 unspecified atom stereocenters. The number of hydrogen-bond donors (Lipinski definition) is 1. The van der Waals surface area contributed by atoms with Crippen LogP contribution in [0, 0.1) is 20.8 Å². The lowest BCUT2D eigenvalue weighted by molar-refractivity contribution is 0.0332. The summed E-state index contributed by atoms with van der Waals surface area (Å²) in [7, 11) is 2.01. The summed E-state index contributed by atoms with van der Waals surface area (Å²) in [6, 6.07) is 4.84. The Morgan fingerprint density at radius 2 is 1.67 bits per heavy atom. The summed E-state index contributed by atoms with van der Waals surface area (Å²) in [5.74, 6) is 0. The van der Waals surface area contributed by atoms with Crippen LogP contribution in [-0.4, -0.2) is 19.8 Å². The van der Waals surface area contributed by atoms with Gasteiger partial charge in [0.05, 0.1) is 12.1 Å². The van der Waals surface area contributed by atoms with Crippen molar-refractivity contribution < 1.29 is 4.74 Å². The number of likely N-dealkylation sites (N-methyl/N-ethyl adjacent to an activating group) is 1. The normalized spacial score (nSPS) is 14.6. The highest BCUT2D eigenvalue weighted by Crippen LogP contribution is 2.26. The Balaban J connectivity index is 3.11. The molecule has 0 saturated carbocycles. The summed E-state index contributed by atoms with van der Waals surface area (Å²) in [4.78, 5) is 0. The van der Waals surface area contributed by atoms with Crippen LogP contribution in [0.4, 0.5) is 0 Å². The summed E-state index contributed by atoms with van der Waals surface area (Å²) < 4.78 is 5.86. The number of ether oxygens (including phenoxy) is 1. The Morgan fingerprint density at radius 3 is 2.17 bits per heavy atom. The van der Waals surface area contributed by atoms with Crippen LogP contribution in [0.2, 0.25) is 0 Å². The highest BCUT2D eigenvalue weighted by Gasteiger charge is 2.22. The average Bonchev–Trinajstić information content (AvgIpc) is 2.35. The van der Waals surface area contributed by atoms with Gasteiger partial charge in [-0.15, -0.1) is 0 Å². The third-order valence-corrected chi connectivity index (χ3v) is 3.68. The molecule has 0 aromatic heterocycles. The standard InChI is InChI=1S/C16H27NO/c1-7-15(18-8-2)16(17-6)14-10-12(4)11(3)9-13(14)5/h9-10,15-17H,7-8H2,1-6H3. The maximum Gasteiger partial charge on any atom is 0.0766 e. The van der Waals surface area contributed by atoms with Gasteiger partial charge < -0.3 is 10.1 Å². The molecule has 1 aromatic rings. The van der Waals surface area contributed by atoms with Crippen LogP contribution in [0.15, 0.2) is 12.1 Å².